The van der Waals surface area contributed by atoms with E-state index < -0.39 is 17.3 Å². The molecule has 17 heavy (non-hydrogen) atoms. The summed E-state index contributed by atoms with van der Waals surface area (Å²) in [5.74, 6) is -2.95. The number of halogens is 2. The lowest BCUT2D eigenvalue weighted by Gasteiger charge is -2.30. The minimum absolute atomic E-state index is 0.164. The van der Waals surface area contributed by atoms with Crippen LogP contribution in [0.2, 0.25) is 0 Å². The first-order chi connectivity index (χ1) is 8.13. The monoisotopic (exact) mass is 243 g/mol. The van der Waals surface area contributed by atoms with Crippen molar-refractivity contribution in [1.82, 2.24) is 5.32 Å². The fourth-order valence-corrected chi connectivity index (χ4v) is 4.71. The van der Waals surface area contributed by atoms with Crippen molar-refractivity contribution in [2.24, 2.45) is 11.3 Å². The fourth-order valence-electron chi connectivity index (χ4n) is 4.71. The lowest BCUT2D eigenvalue weighted by atomic mass is 9.85. The zero-order valence-electron chi connectivity index (χ0n) is 9.92. The summed E-state index contributed by atoms with van der Waals surface area (Å²) in [6.45, 7) is 0.679. The second-order valence-electron chi connectivity index (χ2n) is 6.35. The fraction of sp³-hybridized carbons (Fsp3) is 1.00. The highest BCUT2D eigenvalue weighted by Gasteiger charge is 2.83. The predicted molar refractivity (Wildman–Crippen MR) is 59.0 cm³/mol. The van der Waals surface area contributed by atoms with Gasteiger partial charge in [-0.1, -0.05) is 0 Å². The van der Waals surface area contributed by atoms with Crippen LogP contribution in [-0.4, -0.2) is 30.7 Å². The van der Waals surface area contributed by atoms with Crippen LogP contribution in [0.4, 0.5) is 8.78 Å². The van der Waals surface area contributed by atoms with Crippen LogP contribution >= 0.6 is 0 Å². The molecule has 0 aromatic carbocycles. The minimum atomic E-state index is -2.47. The van der Waals surface area contributed by atoms with Crippen LogP contribution in [0.5, 0.6) is 0 Å². The van der Waals surface area contributed by atoms with Gasteiger partial charge in [0.2, 0.25) is 0 Å². The van der Waals surface area contributed by atoms with Gasteiger partial charge in [-0.15, -0.1) is 0 Å². The molecule has 1 N–H and O–H groups in total. The third kappa shape index (κ3) is 1.26. The van der Waals surface area contributed by atoms with Crippen LogP contribution in [0.25, 0.3) is 0 Å². The maximum absolute atomic E-state index is 14.3. The smallest absolute Gasteiger partial charge is 0.260 e. The molecule has 4 fully saturated rings. The summed E-state index contributed by atoms with van der Waals surface area (Å²) in [4.78, 5) is 0. The number of hydrogen-bond acceptors (Lipinski definition) is 2. The molecule has 3 heterocycles. The first kappa shape index (κ1) is 10.7. The topological polar surface area (TPSA) is 21.3 Å². The number of fused-ring (bicyclic) bond motifs is 2. The van der Waals surface area contributed by atoms with E-state index in [0.29, 0.717) is 31.5 Å². The van der Waals surface area contributed by atoms with Crippen LogP contribution in [0, 0.1) is 11.3 Å². The van der Waals surface area contributed by atoms with Crippen LogP contribution in [0.1, 0.15) is 38.5 Å². The van der Waals surface area contributed by atoms with Crippen molar-refractivity contribution in [3.63, 3.8) is 0 Å². The Hall–Kier alpha value is -0.220. The van der Waals surface area contributed by atoms with Crippen LogP contribution in [0.3, 0.4) is 0 Å². The van der Waals surface area contributed by atoms with Gasteiger partial charge in [0, 0.05) is 24.1 Å². The zero-order chi connectivity index (χ0) is 11.7. The molecule has 1 saturated carbocycles. The Labute approximate surface area is 100 Å². The van der Waals surface area contributed by atoms with E-state index in [9.17, 15) is 8.78 Å². The van der Waals surface area contributed by atoms with E-state index in [1.54, 1.807) is 0 Å². The number of ether oxygens (including phenoxy) is 1. The molecule has 4 unspecified atom stereocenters. The molecular weight excluding hydrogens is 224 g/mol. The molecule has 0 amide bonds. The van der Waals surface area contributed by atoms with E-state index in [4.69, 9.17) is 4.74 Å². The molecule has 3 aliphatic heterocycles. The van der Waals surface area contributed by atoms with Gasteiger partial charge in [0.1, 0.15) is 0 Å². The summed E-state index contributed by atoms with van der Waals surface area (Å²) in [6.07, 6.45) is 5.13. The first-order valence-electron chi connectivity index (χ1n) is 6.89. The molecule has 0 radical (unpaired) electrons. The SMILES string of the molecule is FC1(F)C(C2CCCO2)C12CC1CCC(C2)N1. The second-order valence-corrected chi connectivity index (χ2v) is 6.35. The summed E-state index contributed by atoms with van der Waals surface area (Å²) in [5, 5.41) is 3.46. The molecule has 4 aliphatic rings. The van der Waals surface area contributed by atoms with Crippen molar-refractivity contribution in [3.8, 4) is 0 Å². The average molecular weight is 243 g/mol. The van der Waals surface area contributed by atoms with Crippen molar-refractivity contribution in [2.75, 3.05) is 6.61 Å². The third-order valence-electron chi connectivity index (χ3n) is 5.46. The van der Waals surface area contributed by atoms with E-state index in [0.717, 1.165) is 25.7 Å². The van der Waals surface area contributed by atoms with Gasteiger partial charge in [-0.05, 0) is 38.5 Å². The van der Waals surface area contributed by atoms with E-state index in [1.165, 1.54) is 0 Å². The van der Waals surface area contributed by atoms with E-state index in [-0.39, 0.29) is 6.10 Å². The predicted octanol–water partition coefficient (Wildman–Crippen LogP) is 2.33. The Morgan fingerprint density at radius 1 is 1.06 bits per heavy atom. The summed E-state index contributed by atoms with van der Waals surface area (Å²) < 4.78 is 34.0. The van der Waals surface area contributed by atoms with Crippen molar-refractivity contribution in [2.45, 2.75) is 62.6 Å². The van der Waals surface area contributed by atoms with Crippen molar-refractivity contribution >= 4 is 0 Å². The molecular formula is C13H19F2NO. The van der Waals surface area contributed by atoms with Crippen LogP contribution in [0.15, 0.2) is 0 Å². The average Bonchev–Trinajstić information content (AvgIpc) is 2.75. The third-order valence-corrected chi connectivity index (χ3v) is 5.46. The Kier molecular flexibility index (Phi) is 2.02. The van der Waals surface area contributed by atoms with Crippen molar-refractivity contribution in [3.05, 3.63) is 0 Å². The second kappa shape index (κ2) is 3.21. The van der Waals surface area contributed by atoms with Crippen LogP contribution in [-0.2, 0) is 4.74 Å². The van der Waals surface area contributed by atoms with Gasteiger partial charge < -0.3 is 10.1 Å². The Balaban J connectivity index is 1.61. The largest absolute Gasteiger partial charge is 0.378 e. The van der Waals surface area contributed by atoms with Gasteiger partial charge in [0.25, 0.3) is 5.92 Å². The number of piperidine rings is 1. The first-order valence-corrected chi connectivity index (χ1v) is 6.89. The number of hydrogen-bond donors (Lipinski definition) is 1. The highest BCUT2D eigenvalue weighted by atomic mass is 19.3. The van der Waals surface area contributed by atoms with Crippen LogP contribution < -0.4 is 5.32 Å². The van der Waals surface area contributed by atoms with E-state index >= 15 is 0 Å². The summed E-state index contributed by atoms with van der Waals surface area (Å²) in [5.41, 5.74) is -0.709. The van der Waals surface area contributed by atoms with E-state index in [1.807, 2.05) is 0 Å². The Morgan fingerprint density at radius 3 is 2.35 bits per heavy atom. The number of nitrogens with one attached hydrogen (secondary N) is 1. The van der Waals surface area contributed by atoms with Gasteiger partial charge in [0.05, 0.1) is 12.0 Å². The zero-order valence-corrected chi connectivity index (χ0v) is 9.92. The van der Waals surface area contributed by atoms with E-state index in [2.05, 4.69) is 5.32 Å². The van der Waals surface area contributed by atoms with Crippen molar-refractivity contribution < 1.29 is 13.5 Å². The lowest BCUT2D eigenvalue weighted by molar-refractivity contribution is 0.0207. The molecule has 0 aromatic rings. The maximum atomic E-state index is 14.3. The standard InChI is InChI=1S/C13H19F2NO/c14-13(15)11(10-2-1-5-17-10)12(13)6-8-3-4-9(7-12)16-8/h8-11,16H,1-7H2. The molecule has 4 heteroatoms. The molecule has 3 saturated heterocycles. The molecule has 0 aromatic heterocycles. The van der Waals surface area contributed by atoms with Crippen molar-refractivity contribution in [1.29, 1.82) is 0 Å². The maximum Gasteiger partial charge on any atom is 0.260 e. The number of rotatable bonds is 1. The number of alkyl halides is 2. The summed E-state index contributed by atoms with van der Waals surface area (Å²) in [6, 6.07) is 0.678. The molecule has 2 nitrogen and oxygen atoms in total. The molecule has 4 rings (SSSR count). The normalized spacial score (nSPS) is 55.4. The highest BCUT2D eigenvalue weighted by molar-refractivity contribution is 5.24. The molecule has 2 bridgehead atoms. The Morgan fingerprint density at radius 2 is 1.76 bits per heavy atom. The molecule has 1 aliphatic carbocycles. The van der Waals surface area contributed by atoms with Gasteiger partial charge >= 0.3 is 0 Å². The van der Waals surface area contributed by atoms with Gasteiger partial charge in [0.15, 0.2) is 0 Å². The van der Waals surface area contributed by atoms with Gasteiger partial charge in [-0.3, -0.25) is 0 Å². The Bertz CT molecular complexity index is 328. The molecule has 4 atom stereocenters. The lowest BCUT2D eigenvalue weighted by Crippen LogP contribution is -2.41. The quantitative estimate of drug-likeness (QED) is 0.763. The highest BCUT2D eigenvalue weighted by Crippen LogP contribution is 2.74. The summed E-state index contributed by atoms with van der Waals surface area (Å²) in [7, 11) is 0. The molecule has 1 spiro atoms. The summed E-state index contributed by atoms with van der Waals surface area (Å²) >= 11 is 0. The minimum Gasteiger partial charge on any atom is -0.378 e. The molecule has 96 valence electrons. The van der Waals surface area contributed by atoms with Gasteiger partial charge in [-0.2, -0.15) is 0 Å². The van der Waals surface area contributed by atoms with Gasteiger partial charge in [-0.25, -0.2) is 8.78 Å².